The van der Waals surface area contributed by atoms with E-state index < -0.39 is 11.7 Å². The van der Waals surface area contributed by atoms with Crippen molar-refractivity contribution in [3.05, 3.63) is 35.5 Å². The van der Waals surface area contributed by atoms with Crippen LogP contribution < -0.4 is 5.73 Å². The molecule has 0 aliphatic carbocycles. The van der Waals surface area contributed by atoms with Crippen LogP contribution in [-0.4, -0.2) is 11.1 Å². The Morgan fingerprint density at radius 2 is 1.95 bits per heavy atom. The van der Waals surface area contributed by atoms with Gasteiger partial charge in [-0.3, -0.25) is 0 Å². The van der Waals surface area contributed by atoms with E-state index in [1.165, 1.54) is 6.07 Å². The second-order valence-electron chi connectivity index (χ2n) is 5.47. The van der Waals surface area contributed by atoms with E-state index >= 15 is 0 Å². The highest BCUT2D eigenvalue weighted by Crippen LogP contribution is 2.33. The number of alkyl halides is 3. The van der Waals surface area contributed by atoms with Crippen LogP contribution in [0.5, 0.6) is 0 Å². The van der Waals surface area contributed by atoms with Gasteiger partial charge in [0, 0.05) is 23.6 Å². The molecule has 0 spiro atoms. The number of hydrogen-bond acceptors (Lipinski definition) is 1. The summed E-state index contributed by atoms with van der Waals surface area (Å²) in [5, 5.41) is 0.865. The Hall–Kier alpha value is -1.49. The minimum atomic E-state index is -4.31. The first-order chi connectivity index (χ1) is 9.32. The van der Waals surface area contributed by atoms with Gasteiger partial charge < -0.3 is 10.3 Å². The first-order valence-corrected chi connectivity index (χ1v) is 6.72. The lowest BCUT2D eigenvalue weighted by atomic mass is 10.1. The Balaban J connectivity index is 2.58. The smallest absolute Gasteiger partial charge is 0.347 e. The third kappa shape index (κ3) is 2.98. The summed E-state index contributed by atoms with van der Waals surface area (Å²) in [6.07, 6.45) is -1.71. The molecule has 110 valence electrons. The Morgan fingerprint density at radius 1 is 1.25 bits per heavy atom. The highest BCUT2D eigenvalue weighted by Gasteiger charge is 2.31. The zero-order valence-electron chi connectivity index (χ0n) is 11.7. The number of hydrogen-bond donors (Lipinski definition) is 1. The molecule has 0 unspecified atom stereocenters. The highest BCUT2D eigenvalue weighted by molar-refractivity contribution is 5.84. The zero-order valence-corrected chi connectivity index (χ0v) is 11.7. The number of nitrogens with zero attached hydrogens (tertiary/aromatic N) is 1. The molecule has 2 rings (SSSR count). The maximum atomic E-state index is 12.8. The minimum Gasteiger partial charge on any atom is -0.347 e. The summed E-state index contributed by atoms with van der Waals surface area (Å²) in [4.78, 5) is 0. The van der Waals surface area contributed by atoms with Crippen molar-refractivity contribution in [2.24, 2.45) is 11.7 Å². The molecule has 0 radical (unpaired) electrons. The molecule has 0 atom stereocenters. The average Bonchev–Trinajstić information content (AvgIpc) is 2.66. The molecule has 5 heteroatoms. The summed E-state index contributed by atoms with van der Waals surface area (Å²) < 4.78 is 40.4. The van der Waals surface area contributed by atoms with Crippen LogP contribution in [0, 0.1) is 5.92 Å². The molecule has 0 saturated carbocycles. The van der Waals surface area contributed by atoms with Gasteiger partial charge in [-0.25, -0.2) is 0 Å². The van der Waals surface area contributed by atoms with Crippen LogP contribution in [0.15, 0.2) is 24.4 Å². The molecule has 2 N–H and O–H groups in total. The third-order valence-electron chi connectivity index (χ3n) is 3.27. The van der Waals surface area contributed by atoms with Gasteiger partial charge in [0.25, 0.3) is 0 Å². The van der Waals surface area contributed by atoms with Crippen LogP contribution in [0.2, 0.25) is 0 Å². The topological polar surface area (TPSA) is 30.9 Å². The normalized spacial score (nSPS) is 12.6. The summed E-state index contributed by atoms with van der Waals surface area (Å²) in [7, 11) is 0. The van der Waals surface area contributed by atoms with Crippen LogP contribution >= 0.6 is 0 Å². The molecule has 0 fully saturated rings. The Bertz CT molecular complexity index is 597. The Morgan fingerprint density at radius 3 is 2.50 bits per heavy atom. The first kappa shape index (κ1) is 14.9. The van der Waals surface area contributed by atoms with E-state index in [0.717, 1.165) is 17.0 Å². The van der Waals surface area contributed by atoms with Gasteiger partial charge >= 0.3 is 6.18 Å². The molecule has 2 aromatic rings. The summed E-state index contributed by atoms with van der Waals surface area (Å²) >= 11 is 0. The molecule has 0 saturated heterocycles. The highest BCUT2D eigenvalue weighted by atomic mass is 19.4. The fourth-order valence-corrected chi connectivity index (χ4v) is 2.44. The van der Waals surface area contributed by atoms with Gasteiger partial charge in [0.15, 0.2) is 0 Å². The van der Waals surface area contributed by atoms with Gasteiger partial charge in [0.05, 0.1) is 5.56 Å². The van der Waals surface area contributed by atoms with Crippen LogP contribution in [0.4, 0.5) is 13.2 Å². The lowest BCUT2D eigenvalue weighted by Gasteiger charge is -2.10. The summed E-state index contributed by atoms with van der Waals surface area (Å²) in [5.74, 6) is 0.367. The SMILES string of the molecule is CC(C)Cn1cc(CCN)c2ccc(C(F)(F)F)cc21. The lowest BCUT2D eigenvalue weighted by molar-refractivity contribution is -0.137. The van der Waals surface area contributed by atoms with E-state index in [0.29, 0.717) is 30.9 Å². The minimum absolute atomic E-state index is 0.367. The van der Waals surface area contributed by atoms with Gasteiger partial charge in [0.1, 0.15) is 0 Å². The third-order valence-corrected chi connectivity index (χ3v) is 3.27. The predicted molar refractivity (Wildman–Crippen MR) is 74.5 cm³/mol. The van der Waals surface area contributed by atoms with E-state index in [9.17, 15) is 13.2 Å². The van der Waals surface area contributed by atoms with Crippen LogP contribution in [0.25, 0.3) is 10.9 Å². The second-order valence-corrected chi connectivity index (χ2v) is 5.47. The number of aromatic nitrogens is 1. The monoisotopic (exact) mass is 284 g/mol. The summed E-state index contributed by atoms with van der Waals surface area (Å²) in [6.45, 7) is 5.27. The fraction of sp³-hybridized carbons (Fsp3) is 0.467. The van der Waals surface area contributed by atoms with E-state index in [4.69, 9.17) is 5.73 Å². The molecule has 1 aromatic heterocycles. The Labute approximate surface area is 116 Å². The predicted octanol–water partition coefficient (Wildman–Crippen LogP) is 3.82. The molecule has 0 aliphatic rings. The molecule has 20 heavy (non-hydrogen) atoms. The average molecular weight is 284 g/mol. The summed E-state index contributed by atoms with van der Waals surface area (Å²) in [6, 6.07) is 3.93. The molecule has 0 aliphatic heterocycles. The number of nitrogens with two attached hydrogens (primary N) is 1. The number of benzene rings is 1. The molecule has 1 aromatic carbocycles. The van der Waals surface area contributed by atoms with Crippen molar-refractivity contribution < 1.29 is 13.2 Å². The van der Waals surface area contributed by atoms with Crippen molar-refractivity contribution >= 4 is 10.9 Å². The zero-order chi connectivity index (χ0) is 14.9. The summed E-state index contributed by atoms with van der Waals surface area (Å²) in [5.41, 5.74) is 6.61. The van der Waals surface area contributed by atoms with E-state index in [1.807, 2.05) is 24.6 Å². The quantitative estimate of drug-likeness (QED) is 0.909. The molecule has 2 nitrogen and oxygen atoms in total. The Kier molecular flexibility index (Phi) is 4.09. The van der Waals surface area contributed by atoms with Crippen molar-refractivity contribution in [1.82, 2.24) is 4.57 Å². The first-order valence-electron chi connectivity index (χ1n) is 6.72. The van der Waals surface area contributed by atoms with Gasteiger partial charge in [0.2, 0.25) is 0 Å². The molecule has 0 amide bonds. The van der Waals surface area contributed by atoms with E-state index in [1.54, 1.807) is 6.07 Å². The van der Waals surface area contributed by atoms with Crippen LogP contribution in [0.1, 0.15) is 25.0 Å². The largest absolute Gasteiger partial charge is 0.416 e. The standard InChI is InChI=1S/C15H19F3N2/c1-10(2)8-20-9-11(5-6-19)13-4-3-12(7-14(13)20)15(16,17)18/h3-4,7,9-10H,5-6,8,19H2,1-2H3. The maximum Gasteiger partial charge on any atom is 0.416 e. The second kappa shape index (κ2) is 5.48. The van der Waals surface area contributed by atoms with Crippen molar-refractivity contribution in [2.45, 2.75) is 33.0 Å². The van der Waals surface area contributed by atoms with Gasteiger partial charge in [-0.2, -0.15) is 13.2 Å². The molecule has 1 heterocycles. The lowest BCUT2D eigenvalue weighted by Crippen LogP contribution is -2.06. The number of fused-ring (bicyclic) bond motifs is 1. The van der Waals surface area contributed by atoms with Gasteiger partial charge in [-0.1, -0.05) is 19.9 Å². The van der Waals surface area contributed by atoms with Crippen LogP contribution in [-0.2, 0) is 19.1 Å². The van der Waals surface area contributed by atoms with Gasteiger partial charge in [-0.05, 0) is 36.6 Å². The van der Waals surface area contributed by atoms with Crippen LogP contribution in [0.3, 0.4) is 0 Å². The van der Waals surface area contributed by atoms with Crippen molar-refractivity contribution in [1.29, 1.82) is 0 Å². The molecule has 0 bridgehead atoms. The van der Waals surface area contributed by atoms with Crippen molar-refractivity contribution in [2.75, 3.05) is 6.54 Å². The van der Waals surface area contributed by atoms with Gasteiger partial charge in [-0.15, -0.1) is 0 Å². The maximum absolute atomic E-state index is 12.8. The van der Waals surface area contributed by atoms with E-state index in [-0.39, 0.29) is 0 Å². The van der Waals surface area contributed by atoms with Crippen molar-refractivity contribution in [3.63, 3.8) is 0 Å². The number of halogens is 3. The van der Waals surface area contributed by atoms with E-state index in [2.05, 4.69) is 0 Å². The van der Waals surface area contributed by atoms with Crippen molar-refractivity contribution in [3.8, 4) is 0 Å². The molecular formula is C15H19F3N2. The number of rotatable bonds is 4. The fourth-order valence-electron chi connectivity index (χ4n) is 2.44. The molecular weight excluding hydrogens is 265 g/mol.